The number of aromatic nitrogens is 3. The van der Waals surface area contributed by atoms with E-state index < -0.39 is 18.9 Å². The molecule has 1 atom stereocenters. The molecule has 0 radical (unpaired) electrons. The number of aryl methyl sites for hydroxylation is 1. The van der Waals surface area contributed by atoms with E-state index in [-0.39, 0.29) is 24.1 Å². The quantitative estimate of drug-likeness (QED) is 0.678. The number of nitrogen functional groups attached to an aromatic ring is 1. The second-order valence-electron chi connectivity index (χ2n) is 5.05. The number of aliphatic hydroxyl groups excluding tert-OH is 1. The molecule has 0 unspecified atom stereocenters. The smallest absolute Gasteiger partial charge is 0.389 e. The fourth-order valence-corrected chi connectivity index (χ4v) is 1.87. The number of rotatable bonds is 9. The molecule has 132 valence electrons. The van der Waals surface area contributed by atoms with Gasteiger partial charge in [-0.1, -0.05) is 11.6 Å². The zero-order valence-electron chi connectivity index (χ0n) is 12.6. The molecule has 1 aromatic rings. The van der Waals surface area contributed by atoms with E-state index in [9.17, 15) is 18.3 Å². The van der Waals surface area contributed by atoms with Crippen LogP contribution in [0.2, 0.25) is 5.15 Å². The highest BCUT2D eigenvalue weighted by atomic mass is 35.5. The zero-order chi connectivity index (χ0) is 17.5. The number of alkyl halides is 3. The van der Waals surface area contributed by atoms with Gasteiger partial charge in [-0.05, 0) is 20.0 Å². The lowest BCUT2D eigenvalue weighted by atomic mass is 10.2. The summed E-state index contributed by atoms with van der Waals surface area (Å²) in [6.45, 7) is -0.956. The summed E-state index contributed by atoms with van der Waals surface area (Å²) in [5.41, 5.74) is 5.51. The highest BCUT2D eigenvalue weighted by Gasteiger charge is 2.27. The number of hydrogen-bond acceptors (Lipinski definition) is 7. The predicted octanol–water partition coefficient (Wildman–Crippen LogP) is 0.911. The third-order valence-corrected chi connectivity index (χ3v) is 3.02. The third-order valence-electron chi connectivity index (χ3n) is 2.75. The molecule has 11 heteroatoms. The van der Waals surface area contributed by atoms with Crippen molar-refractivity contribution in [1.29, 1.82) is 0 Å². The Morgan fingerprint density at radius 2 is 2.09 bits per heavy atom. The van der Waals surface area contributed by atoms with Gasteiger partial charge in [0.25, 0.3) is 0 Å². The Kier molecular flexibility index (Phi) is 7.89. The van der Waals surface area contributed by atoms with E-state index in [0.717, 1.165) is 0 Å². The first kappa shape index (κ1) is 19.8. The normalized spacial score (nSPS) is 13.5. The molecule has 1 heterocycles. The van der Waals surface area contributed by atoms with Gasteiger partial charge in [-0.3, -0.25) is 0 Å². The predicted molar refractivity (Wildman–Crippen MR) is 77.9 cm³/mol. The second kappa shape index (κ2) is 9.16. The molecule has 0 aliphatic heterocycles. The van der Waals surface area contributed by atoms with Crippen LogP contribution in [0.5, 0.6) is 0 Å². The first-order valence-electron chi connectivity index (χ1n) is 6.83. The Hall–Kier alpha value is -1.23. The van der Waals surface area contributed by atoms with Crippen LogP contribution in [0.1, 0.15) is 12.2 Å². The number of nitrogens with two attached hydrogens (primary N) is 1. The van der Waals surface area contributed by atoms with Gasteiger partial charge in [0.2, 0.25) is 0 Å². The highest BCUT2D eigenvalue weighted by Crippen LogP contribution is 2.14. The average Bonchev–Trinajstić information content (AvgIpc) is 2.41. The van der Waals surface area contributed by atoms with Gasteiger partial charge in [-0.15, -0.1) is 10.2 Å². The van der Waals surface area contributed by atoms with Crippen LogP contribution < -0.4 is 5.73 Å². The van der Waals surface area contributed by atoms with E-state index in [4.69, 9.17) is 17.3 Å². The van der Waals surface area contributed by atoms with Crippen LogP contribution in [0.15, 0.2) is 0 Å². The summed E-state index contributed by atoms with van der Waals surface area (Å²) >= 11 is 5.61. The first-order valence-corrected chi connectivity index (χ1v) is 7.21. The maximum Gasteiger partial charge on any atom is 0.411 e. The van der Waals surface area contributed by atoms with Crippen molar-refractivity contribution in [2.75, 3.05) is 39.1 Å². The van der Waals surface area contributed by atoms with E-state index in [2.05, 4.69) is 19.9 Å². The first-order chi connectivity index (χ1) is 10.7. The van der Waals surface area contributed by atoms with Crippen molar-refractivity contribution in [3.63, 3.8) is 0 Å². The minimum Gasteiger partial charge on any atom is -0.389 e. The van der Waals surface area contributed by atoms with E-state index in [0.29, 0.717) is 25.2 Å². The van der Waals surface area contributed by atoms with Gasteiger partial charge in [-0.25, -0.2) is 4.98 Å². The van der Waals surface area contributed by atoms with Crippen LogP contribution in [0.3, 0.4) is 0 Å². The summed E-state index contributed by atoms with van der Waals surface area (Å²) in [7, 11) is 1.74. The van der Waals surface area contributed by atoms with Gasteiger partial charge >= 0.3 is 6.18 Å². The van der Waals surface area contributed by atoms with E-state index in [1.165, 1.54) is 0 Å². The largest absolute Gasteiger partial charge is 0.411 e. The molecule has 0 aliphatic carbocycles. The van der Waals surface area contributed by atoms with Crippen molar-refractivity contribution in [3.05, 3.63) is 11.0 Å². The van der Waals surface area contributed by atoms with Crippen molar-refractivity contribution >= 4 is 17.4 Å². The summed E-state index contributed by atoms with van der Waals surface area (Å²) in [6.07, 6.45) is -4.21. The Labute approximate surface area is 136 Å². The zero-order valence-corrected chi connectivity index (χ0v) is 13.3. The van der Waals surface area contributed by atoms with Crippen LogP contribution >= 0.6 is 11.6 Å². The van der Waals surface area contributed by atoms with Crippen LogP contribution in [-0.2, 0) is 11.2 Å². The Morgan fingerprint density at radius 1 is 1.39 bits per heavy atom. The lowest BCUT2D eigenvalue weighted by Gasteiger charge is -2.20. The molecule has 3 N–H and O–H groups in total. The number of ether oxygens (including phenoxy) is 1. The number of hydrogen-bond donors (Lipinski definition) is 2. The van der Waals surface area contributed by atoms with Crippen molar-refractivity contribution in [1.82, 2.24) is 20.1 Å². The summed E-state index contributed by atoms with van der Waals surface area (Å²) in [5, 5.41) is 17.1. The fraction of sp³-hybridized carbons (Fsp3) is 0.750. The number of likely N-dealkylation sites (N-methyl/N-ethyl adjacent to an activating group) is 1. The van der Waals surface area contributed by atoms with Gasteiger partial charge in [-0.2, -0.15) is 13.2 Å². The van der Waals surface area contributed by atoms with Gasteiger partial charge in [0.15, 0.2) is 16.8 Å². The van der Waals surface area contributed by atoms with Gasteiger partial charge in [0, 0.05) is 13.0 Å². The van der Waals surface area contributed by atoms with Gasteiger partial charge < -0.3 is 20.5 Å². The number of anilines is 1. The number of aliphatic hydroxyl groups is 1. The SMILES string of the molecule is CN(CCCc1nnc(Cl)c(N)n1)C[C@H](O)COCC(F)(F)F. The molecule has 0 aliphatic rings. The average molecular weight is 358 g/mol. The van der Waals surface area contributed by atoms with E-state index in [1.54, 1.807) is 11.9 Å². The van der Waals surface area contributed by atoms with Crippen molar-refractivity contribution < 1.29 is 23.0 Å². The van der Waals surface area contributed by atoms with Crippen LogP contribution in [-0.4, -0.2) is 70.8 Å². The Balaban J connectivity index is 2.20. The van der Waals surface area contributed by atoms with Crippen molar-refractivity contribution in [3.8, 4) is 0 Å². The molecule has 0 bridgehead atoms. The standard InChI is InChI=1S/C12H19ClF3N5O2/c1-21(5-8(22)6-23-7-12(14,15)16)4-2-3-9-18-11(17)10(13)20-19-9/h8,22H,2-7H2,1H3,(H2,17,18,19)/t8-/m0/s1. The minimum atomic E-state index is -4.39. The maximum atomic E-state index is 11.9. The topological polar surface area (TPSA) is 97.4 Å². The Bertz CT molecular complexity index is 492. The molecule has 23 heavy (non-hydrogen) atoms. The molecule has 0 amide bonds. The van der Waals surface area contributed by atoms with E-state index in [1.807, 2.05) is 0 Å². The molecule has 1 aromatic heterocycles. The second-order valence-corrected chi connectivity index (χ2v) is 5.41. The summed E-state index contributed by atoms with van der Waals surface area (Å²) in [5.74, 6) is 0.566. The third kappa shape index (κ3) is 8.84. The molecule has 0 aromatic carbocycles. The monoisotopic (exact) mass is 357 g/mol. The highest BCUT2D eigenvalue weighted by molar-refractivity contribution is 6.31. The Morgan fingerprint density at radius 3 is 2.70 bits per heavy atom. The maximum absolute atomic E-state index is 11.9. The summed E-state index contributed by atoms with van der Waals surface area (Å²) in [4.78, 5) is 5.74. The molecule has 0 saturated heterocycles. The molecule has 7 nitrogen and oxygen atoms in total. The molecular weight excluding hydrogens is 339 g/mol. The molecule has 0 spiro atoms. The van der Waals surface area contributed by atoms with Crippen LogP contribution in [0.4, 0.5) is 19.0 Å². The lowest BCUT2D eigenvalue weighted by Crippen LogP contribution is -2.34. The van der Waals surface area contributed by atoms with Gasteiger partial charge in [0.1, 0.15) is 6.61 Å². The molecule has 1 rings (SSSR count). The van der Waals surface area contributed by atoms with Gasteiger partial charge in [0.05, 0.1) is 12.7 Å². The van der Waals surface area contributed by atoms with Crippen molar-refractivity contribution in [2.24, 2.45) is 0 Å². The van der Waals surface area contributed by atoms with Crippen LogP contribution in [0, 0.1) is 0 Å². The van der Waals surface area contributed by atoms with Crippen LogP contribution in [0.25, 0.3) is 0 Å². The molecule has 0 saturated carbocycles. The summed E-state index contributed by atoms with van der Waals surface area (Å²) < 4.78 is 40.1. The fourth-order valence-electron chi connectivity index (χ4n) is 1.79. The van der Waals surface area contributed by atoms with Crippen molar-refractivity contribution in [2.45, 2.75) is 25.1 Å². The molecule has 0 fully saturated rings. The number of nitrogens with zero attached hydrogens (tertiary/aromatic N) is 4. The molecular formula is C12H19ClF3N5O2. The van der Waals surface area contributed by atoms with E-state index >= 15 is 0 Å². The minimum absolute atomic E-state index is 0.0489. The number of halogens is 4. The summed E-state index contributed by atoms with van der Waals surface area (Å²) in [6, 6.07) is 0. The lowest BCUT2D eigenvalue weighted by molar-refractivity contribution is -0.179.